The molecule has 0 saturated heterocycles. The van der Waals surface area contributed by atoms with Crippen LogP contribution >= 0.6 is 0 Å². The highest BCUT2D eigenvalue weighted by molar-refractivity contribution is 5.62. The summed E-state index contributed by atoms with van der Waals surface area (Å²) in [5.74, 6) is 0.914. The molecule has 0 aliphatic heterocycles. The molecule has 2 heterocycles. The Labute approximate surface area is 198 Å². The maximum Gasteiger partial charge on any atom is 0.256 e. The van der Waals surface area contributed by atoms with Crippen LogP contribution < -0.4 is 9.13 Å². The first-order chi connectivity index (χ1) is 15.5. The van der Waals surface area contributed by atoms with Gasteiger partial charge in [0.25, 0.3) is 5.69 Å². The van der Waals surface area contributed by atoms with E-state index in [1.807, 2.05) is 41.2 Å². The van der Waals surface area contributed by atoms with Crippen LogP contribution in [0.3, 0.4) is 0 Å². The van der Waals surface area contributed by atoms with E-state index in [4.69, 9.17) is 6.57 Å². The number of pyridine rings is 2. The number of hydrogen-bond donors (Lipinski definition) is 0. The Morgan fingerprint density at radius 2 is 1.12 bits per heavy atom. The molecular formula is C30H33N3+2. The minimum Gasteiger partial charge on any atom is -0.231 e. The van der Waals surface area contributed by atoms with E-state index >= 15 is 0 Å². The van der Waals surface area contributed by atoms with E-state index in [0.717, 1.165) is 11.3 Å². The van der Waals surface area contributed by atoms with E-state index in [1.165, 1.54) is 22.4 Å². The van der Waals surface area contributed by atoms with Crippen molar-refractivity contribution in [1.29, 1.82) is 0 Å². The fraction of sp³-hybridized carbons (Fsp3) is 0.233. The van der Waals surface area contributed by atoms with Gasteiger partial charge in [-0.25, -0.2) is 4.85 Å². The third-order valence-corrected chi connectivity index (χ3v) is 5.87. The van der Waals surface area contributed by atoms with Crippen molar-refractivity contribution in [3.8, 4) is 22.5 Å². The second-order valence-electron chi connectivity index (χ2n) is 8.68. The lowest BCUT2D eigenvalue weighted by Crippen LogP contribution is -2.33. The lowest BCUT2D eigenvalue weighted by atomic mass is 9.92. The topological polar surface area (TPSA) is 12.1 Å². The molecular weight excluding hydrogens is 402 g/mol. The standard InChI is InChI=1S/C29H29N3.CH4/c1-21(2)25-9-8-10-26(22(3)4)29(25)32-19-15-24(16-20-32)23-13-17-31(18-14-23)28-12-7-6-11-27(28)30-5;/h6-22H,1-4H3;1H4/q+2;. The van der Waals surface area contributed by atoms with Crippen molar-refractivity contribution in [3.05, 3.63) is 114 Å². The van der Waals surface area contributed by atoms with E-state index in [1.54, 1.807) is 0 Å². The minimum absolute atomic E-state index is 0. The molecule has 0 bridgehead atoms. The highest BCUT2D eigenvalue weighted by Crippen LogP contribution is 2.28. The first-order valence-corrected chi connectivity index (χ1v) is 11.1. The molecule has 0 fully saturated rings. The average Bonchev–Trinajstić information content (AvgIpc) is 2.83. The van der Waals surface area contributed by atoms with Gasteiger partial charge in [0.05, 0.1) is 6.57 Å². The molecule has 4 rings (SSSR count). The molecule has 2 aromatic heterocycles. The molecule has 0 radical (unpaired) electrons. The van der Waals surface area contributed by atoms with E-state index in [0.29, 0.717) is 17.5 Å². The van der Waals surface area contributed by atoms with Gasteiger partial charge in [0, 0.05) is 35.4 Å². The van der Waals surface area contributed by atoms with Crippen LogP contribution in [0.2, 0.25) is 0 Å². The predicted molar refractivity (Wildman–Crippen MR) is 136 cm³/mol. The summed E-state index contributed by atoms with van der Waals surface area (Å²) in [6.45, 7) is 16.4. The SMILES string of the molecule is C.[C-]#[N+]c1ccccc1-[n+]1ccc(-c2cc[n+](-c3c(C(C)C)cccc3C(C)C)cc2)cc1. The summed E-state index contributed by atoms with van der Waals surface area (Å²) in [6.07, 6.45) is 8.37. The van der Waals surface area contributed by atoms with E-state index in [-0.39, 0.29) is 7.43 Å². The molecule has 0 saturated carbocycles. The Morgan fingerprint density at radius 3 is 1.61 bits per heavy atom. The van der Waals surface area contributed by atoms with Crippen LogP contribution in [0.5, 0.6) is 0 Å². The lowest BCUT2D eigenvalue weighted by molar-refractivity contribution is -0.596. The monoisotopic (exact) mass is 435 g/mol. The highest BCUT2D eigenvalue weighted by Gasteiger charge is 2.22. The van der Waals surface area contributed by atoms with Crippen LogP contribution in [-0.2, 0) is 0 Å². The summed E-state index contributed by atoms with van der Waals surface area (Å²) < 4.78 is 4.25. The van der Waals surface area contributed by atoms with Crippen LogP contribution in [0, 0.1) is 6.57 Å². The number of rotatable bonds is 5. The van der Waals surface area contributed by atoms with Crippen molar-refractivity contribution in [1.82, 2.24) is 0 Å². The van der Waals surface area contributed by atoms with Gasteiger partial charge in [-0.1, -0.05) is 65.5 Å². The zero-order valence-corrected chi connectivity index (χ0v) is 19.2. The minimum atomic E-state index is 0. The number of benzene rings is 2. The Balaban J connectivity index is 0.00000306. The summed E-state index contributed by atoms with van der Waals surface area (Å²) in [6, 6.07) is 22.9. The Kier molecular flexibility index (Phi) is 7.41. The van der Waals surface area contributed by atoms with E-state index < -0.39 is 0 Å². The number of nitrogens with zero attached hydrogens (tertiary/aromatic N) is 3. The van der Waals surface area contributed by atoms with Crippen LogP contribution in [0.4, 0.5) is 5.69 Å². The molecule has 0 aliphatic rings. The van der Waals surface area contributed by atoms with Crippen LogP contribution in [0.1, 0.15) is 58.1 Å². The Hall–Kier alpha value is -3.77. The second kappa shape index (κ2) is 10.2. The van der Waals surface area contributed by atoms with Gasteiger partial charge in [0.15, 0.2) is 24.8 Å². The zero-order chi connectivity index (χ0) is 22.7. The van der Waals surface area contributed by atoms with Gasteiger partial charge >= 0.3 is 0 Å². The fourth-order valence-electron chi connectivity index (χ4n) is 4.13. The van der Waals surface area contributed by atoms with Crippen molar-refractivity contribution in [2.45, 2.75) is 47.0 Å². The fourth-order valence-corrected chi connectivity index (χ4v) is 4.13. The first kappa shape index (κ1) is 23.9. The molecule has 0 spiro atoms. The predicted octanol–water partition coefficient (Wildman–Crippen LogP) is 7.34. The molecule has 0 N–H and O–H groups in total. The molecule has 4 aromatic rings. The summed E-state index contributed by atoms with van der Waals surface area (Å²) in [5, 5.41) is 0. The Morgan fingerprint density at radius 1 is 0.636 bits per heavy atom. The smallest absolute Gasteiger partial charge is 0.231 e. The van der Waals surface area contributed by atoms with Crippen molar-refractivity contribution >= 4 is 5.69 Å². The maximum atomic E-state index is 7.39. The van der Waals surface area contributed by atoms with Gasteiger partial charge < -0.3 is 0 Å². The van der Waals surface area contributed by atoms with Gasteiger partial charge in [0.2, 0.25) is 11.4 Å². The third kappa shape index (κ3) is 4.86. The molecule has 2 aromatic carbocycles. The third-order valence-electron chi connectivity index (χ3n) is 5.87. The number of hydrogen-bond acceptors (Lipinski definition) is 0. The van der Waals surface area contributed by atoms with Gasteiger partial charge in [-0.15, -0.1) is 0 Å². The molecule has 3 heteroatoms. The second-order valence-corrected chi connectivity index (χ2v) is 8.68. The quantitative estimate of drug-likeness (QED) is 0.230. The van der Waals surface area contributed by atoms with Gasteiger partial charge in [0.1, 0.15) is 0 Å². The Bertz CT molecular complexity index is 1240. The summed E-state index contributed by atoms with van der Waals surface area (Å²) in [5.41, 5.74) is 7.89. The zero-order valence-electron chi connectivity index (χ0n) is 19.2. The highest BCUT2D eigenvalue weighted by atomic mass is 15.0. The molecule has 166 valence electrons. The molecule has 0 unspecified atom stereocenters. The molecule has 0 amide bonds. The first-order valence-electron chi connectivity index (χ1n) is 11.1. The lowest BCUT2D eigenvalue weighted by Gasteiger charge is -2.14. The molecule has 33 heavy (non-hydrogen) atoms. The summed E-state index contributed by atoms with van der Waals surface area (Å²) in [7, 11) is 0. The summed E-state index contributed by atoms with van der Waals surface area (Å²) in [4.78, 5) is 3.63. The number of para-hydroxylation sites is 3. The van der Waals surface area contributed by atoms with Crippen molar-refractivity contribution in [2.24, 2.45) is 0 Å². The van der Waals surface area contributed by atoms with Crippen LogP contribution in [0.25, 0.3) is 27.3 Å². The van der Waals surface area contributed by atoms with Gasteiger partial charge in [-0.05, 0) is 35.1 Å². The maximum absolute atomic E-state index is 7.39. The van der Waals surface area contributed by atoms with Crippen molar-refractivity contribution < 1.29 is 9.13 Å². The largest absolute Gasteiger partial charge is 0.256 e. The van der Waals surface area contributed by atoms with Crippen LogP contribution in [-0.4, -0.2) is 0 Å². The molecule has 0 aliphatic carbocycles. The molecule has 3 nitrogen and oxygen atoms in total. The average molecular weight is 436 g/mol. The van der Waals surface area contributed by atoms with Crippen molar-refractivity contribution in [2.75, 3.05) is 0 Å². The van der Waals surface area contributed by atoms with Crippen molar-refractivity contribution in [3.63, 3.8) is 0 Å². The van der Waals surface area contributed by atoms with Gasteiger partial charge in [-0.2, -0.15) is 9.13 Å². The van der Waals surface area contributed by atoms with E-state index in [9.17, 15) is 0 Å². The number of aromatic nitrogens is 2. The summed E-state index contributed by atoms with van der Waals surface area (Å²) >= 11 is 0. The molecule has 0 atom stereocenters. The van der Waals surface area contributed by atoms with E-state index in [2.05, 4.69) is 92.0 Å². The van der Waals surface area contributed by atoms with Gasteiger partial charge in [-0.3, -0.25) is 0 Å². The van der Waals surface area contributed by atoms with Crippen LogP contribution in [0.15, 0.2) is 91.5 Å². The normalized spacial score (nSPS) is 10.7.